The average Bonchev–Trinajstić information content (AvgIpc) is 2.49. The maximum Gasteiger partial charge on any atom is 0.261 e. The Kier molecular flexibility index (Phi) is 3.71. The average molecular weight is 339 g/mol. The SMILES string of the molecule is CSc1nnc2c(O)c(-c3c(F)cccc3Cl)c(=O)[nH]c2n1. The first kappa shape index (κ1) is 14.7. The van der Waals surface area contributed by atoms with Crippen LogP contribution in [0.1, 0.15) is 0 Å². The van der Waals surface area contributed by atoms with E-state index in [-0.39, 0.29) is 27.3 Å². The van der Waals surface area contributed by atoms with Gasteiger partial charge in [0.05, 0.1) is 10.6 Å². The maximum absolute atomic E-state index is 14.0. The fourth-order valence-electron chi connectivity index (χ4n) is 2.01. The van der Waals surface area contributed by atoms with Gasteiger partial charge in [0.15, 0.2) is 16.9 Å². The quantitative estimate of drug-likeness (QED) is 0.698. The number of rotatable bonds is 2. The molecule has 1 aromatic carbocycles. The molecule has 0 radical (unpaired) electrons. The molecule has 0 fully saturated rings. The lowest BCUT2D eigenvalue weighted by Crippen LogP contribution is -2.12. The summed E-state index contributed by atoms with van der Waals surface area (Å²) in [6.07, 6.45) is 1.74. The fraction of sp³-hybridized carbons (Fsp3) is 0.0769. The number of aromatic nitrogens is 4. The van der Waals surface area contributed by atoms with Crippen LogP contribution in [0.2, 0.25) is 5.02 Å². The third kappa shape index (κ3) is 2.30. The minimum atomic E-state index is -0.727. The Morgan fingerprint density at radius 3 is 2.77 bits per heavy atom. The smallest absolute Gasteiger partial charge is 0.261 e. The van der Waals surface area contributed by atoms with Crippen molar-refractivity contribution < 1.29 is 9.50 Å². The van der Waals surface area contributed by atoms with Gasteiger partial charge in [0.25, 0.3) is 5.56 Å². The van der Waals surface area contributed by atoms with Crippen molar-refractivity contribution in [2.45, 2.75) is 5.16 Å². The second kappa shape index (κ2) is 5.54. The molecule has 6 nitrogen and oxygen atoms in total. The Balaban J connectivity index is 2.39. The van der Waals surface area contributed by atoms with Crippen LogP contribution < -0.4 is 5.56 Å². The first-order valence-corrected chi connectivity index (χ1v) is 7.61. The summed E-state index contributed by atoms with van der Waals surface area (Å²) in [5.41, 5.74) is -1.18. The number of aromatic hydroxyl groups is 1. The minimum absolute atomic E-state index is 0.00167. The molecule has 0 saturated heterocycles. The summed E-state index contributed by atoms with van der Waals surface area (Å²) in [4.78, 5) is 18.7. The molecule has 0 unspecified atom stereocenters. The molecule has 9 heteroatoms. The lowest BCUT2D eigenvalue weighted by Gasteiger charge is -2.09. The number of halogens is 2. The molecule has 0 spiro atoms. The third-order valence-electron chi connectivity index (χ3n) is 2.98. The minimum Gasteiger partial charge on any atom is -0.505 e. The second-order valence-electron chi connectivity index (χ2n) is 4.27. The van der Waals surface area contributed by atoms with E-state index in [2.05, 4.69) is 20.2 Å². The number of H-pyrrole nitrogens is 1. The van der Waals surface area contributed by atoms with E-state index in [0.717, 1.165) is 6.07 Å². The van der Waals surface area contributed by atoms with Crippen LogP contribution >= 0.6 is 23.4 Å². The Morgan fingerprint density at radius 2 is 2.09 bits per heavy atom. The Morgan fingerprint density at radius 1 is 1.32 bits per heavy atom. The van der Waals surface area contributed by atoms with E-state index in [9.17, 15) is 14.3 Å². The molecule has 0 bridgehead atoms. The zero-order chi connectivity index (χ0) is 15.9. The van der Waals surface area contributed by atoms with Gasteiger partial charge in [-0.2, -0.15) is 0 Å². The van der Waals surface area contributed by atoms with Crippen LogP contribution in [0, 0.1) is 5.82 Å². The summed E-state index contributed by atoms with van der Waals surface area (Å²) in [7, 11) is 0. The zero-order valence-electron chi connectivity index (χ0n) is 11.1. The van der Waals surface area contributed by atoms with Crippen molar-refractivity contribution in [2.75, 3.05) is 6.26 Å². The summed E-state index contributed by atoms with van der Waals surface area (Å²) in [6.45, 7) is 0. The Labute approximate surface area is 132 Å². The van der Waals surface area contributed by atoms with Gasteiger partial charge in [-0.25, -0.2) is 9.37 Å². The zero-order valence-corrected chi connectivity index (χ0v) is 12.7. The predicted molar refractivity (Wildman–Crippen MR) is 81.8 cm³/mol. The van der Waals surface area contributed by atoms with E-state index >= 15 is 0 Å². The van der Waals surface area contributed by atoms with Crippen LogP contribution in [0.3, 0.4) is 0 Å². The third-order valence-corrected chi connectivity index (χ3v) is 3.84. The van der Waals surface area contributed by atoms with Gasteiger partial charge in [-0.3, -0.25) is 4.79 Å². The number of nitrogens with one attached hydrogen (secondary N) is 1. The van der Waals surface area contributed by atoms with Gasteiger partial charge in [0.1, 0.15) is 5.82 Å². The highest BCUT2D eigenvalue weighted by Crippen LogP contribution is 2.36. The Bertz CT molecular complexity index is 927. The van der Waals surface area contributed by atoms with Crippen LogP contribution in [0.5, 0.6) is 5.75 Å². The molecule has 0 aliphatic rings. The molecule has 22 heavy (non-hydrogen) atoms. The van der Waals surface area contributed by atoms with E-state index in [1.54, 1.807) is 6.26 Å². The fourth-order valence-corrected chi connectivity index (χ4v) is 2.57. The molecule has 0 atom stereocenters. The molecule has 0 amide bonds. The first-order valence-electron chi connectivity index (χ1n) is 6.01. The summed E-state index contributed by atoms with van der Waals surface area (Å²) in [5, 5.41) is 18.2. The topological polar surface area (TPSA) is 91.8 Å². The van der Waals surface area contributed by atoms with Crippen LogP contribution in [-0.4, -0.2) is 31.5 Å². The van der Waals surface area contributed by atoms with Gasteiger partial charge < -0.3 is 10.1 Å². The summed E-state index contributed by atoms with van der Waals surface area (Å²) >= 11 is 7.18. The molecule has 0 aliphatic carbocycles. The molecule has 3 rings (SSSR count). The van der Waals surface area contributed by atoms with Gasteiger partial charge in [-0.15, -0.1) is 10.2 Å². The van der Waals surface area contributed by atoms with Crippen molar-refractivity contribution in [3.63, 3.8) is 0 Å². The number of aromatic amines is 1. The molecular weight excluding hydrogens is 331 g/mol. The molecule has 2 heterocycles. The van der Waals surface area contributed by atoms with Crippen LogP contribution in [0.15, 0.2) is 28.2 Å². The molecule has 0 saturated carbocycles. The Hall–Kier alpha value is -2.19. The van der Waals surface area contributed by atoms with E-state index in [4.69, 9.17) is 11.6 Å². The van der Waals surface area contributed by atoms with Gasteiger partial charge in [0, 0.05) is 5.56 Å². The number of nitrogens with zero attached hydrogens (tertiary/aromatic N) is 3. The summed E-state index contributed by atoms with van der Waals surface area (Å²) in [5.74, 6) is -1.24. The van der Waals surface area contributed by atoms with Crippen LogP contribution in [0.25, 0.3) is 22.3 Å². The van der Waals surface area contributed by atoms with E-state index in [1.165, 1.54) is 23.9 Å². The predicted octanol–water partition coefficient (Wildman–Crippen LogP) is 2.60. The lowest BCUT2D eigenvalue weighted by molar-refractivity contribution is 0.479. The normalized spacial score (nSPS) is 11.0. The highest BCUT2D eigenvalue weighted by Gasteiger charge is 2.21. The van der Waals surface area contributed by atoms with Gasteiger partial charge in [0.2, 0.25) is 5.16 Å². The van der Waals surface area contributed by atoms with E-state index in [0.29, 0.717) is 5.16 Å². The molecule has 2 aromatic heterocycles. The monoisotopic (exact) mass is 338 g/mol. The van der Waals surface area contributed by atoms with Crippen LogP contribution in [0.4, 0.5) is 4.39 Å². The number of hydrogen-bond donors (Lipinski definition) is 2. The van der Waals surface area contributed by atoms with Gasteiger partial charge in [-0.1, -0.05) is 29.4 Å². The summed E-state index contributed by atoms with van der Waals surface area (Å²) in [6, 6.07) is 3.97. The molecule has 0 aliphatic heterocycles. The van der Waals surface area contributed by atoms with Gasteiger partial charge in [-0.05, 0) is 18.4 Å². The highest BCUT2D eigenvalue weighted by molar-refractivity contribution is 7.98. The van der Waals surface area contributed by atoms with E-state index < -0.39 is 17.1 Å². The maximum atomic E-state index is 14.0. The number of benzene rings is 1. The number of fused-ring (bicyclic) bond motifs is 1. The highest BCUT2D eigenvalue weighted by atomic mass is 35.5. The molecule has 112 valence electrons. The molecule has 2 N–H and O–H groups in total. The molecular formula is C13H8ClFN4O2S. The first-order chi connectivity index (χ1) is 10.5. The lowest BCUT2D eigenvalue weighted by atomic mass is 10.1. The number of hydrogen-bond acceptors (Lipinski definition) is 6. The summed E-state index contributed by atoms with van der Waals surface area (Å²) < 4.78 is 14.0. The van der Waals surface area contributed by atoms with E-state index in [1.807, 2.05) is 0 Å². The van der Waals surface area contributed by atoms with Crippen molar-refractivity contribution in [3.05, 3.63) is 39.4 Å². The van der Waals surface area contributed by atoms with Crippen molar-refractivity contribution in [3.8, 4) is 16.9 Å². The standard InChI is InChI=1S/C13H8ClFN4O2S/c1-22-13-17-11-9(18-19-13)10(20)8(12(21)16-11)7-5(14)3-2-4-6(7)15/h2-4H,1H3,(H2,16,17,19,20,21). The second-order valence-corrected chi connectivity index (χ2v) is 5.45. The number of thioether (sulfide) groups is 1. The van der Waals surface area contributed by atoms with Crippen molar-refractivity contribution in [2.24, 2.45) is 0 Å². The van der Waals surface area contributed by atoms with Crippen molar-refractivity contribution in [1.29, 1.82) is 0 Å². The number of pyridine rings is 1. The van der Waals surface area contributed by atoms with Gasteiger partial charge >= 0.3 is 0 Å². The van der Waals surface area contributed by atoms with Crippen molar-refractivity contribution in [1.82, 2.24) is 20.2 Å². The van der Waals surface area contributed by atoms with Crippen LogP contribution in [-0.2, 0) is 0 Å². The largest absolute Gasteiger partial charge is 0.505 e. The van der Waals surface area contributed by atoms with Crippen molar-refractivity contribution >= 4 is 34.5 Å². The molecule has 3 aromatic rings.